The van der Waals surface area contributed by atoms with Gasteiger partial charge in [0.15, 0.2) is 5.69 Å². The van der Waals surface area contributed by atoms with E-state index in [4.69, 9.17) is 5.26 Å². The lowest BCUT2D eigenvalue weighted by molar-refractivity contribution is 0.0215. The minimum absolute atomic E-state index is 0.157. The zero-order chi connectivity index (χ0) is 11.8. The van der Waals surface area contributed by atoms with Gasteiger partial charge in [-0.2, -0.15) is 5.26 Å². The third kappa shape index (κ3) is 4.19. The number of rotatable bonds is 6. The summed E-state index contributed by atoms with van der Waals surface area (Å²) in [6, 6.07) is 5.30. The molecule has 0 aliphatic carbocycles. The number of hydrogen-bond acceptors (Lipinski definition) is 4. The van der Waals surface area contributed by atoms with Gasteiger partial charge in [0.25, 0.3) is 6.43 Å². The highest BCUT2D eigenvalue weighted by molar-refractivity contribution is 5.53. The Hall–Kier alpha value is -1.74. The van der Waals surface area contributed by atoms with E-state index in [-0.39, 0.29) is 12.3 Å². The second-order valence-corrected chi connectivity index (χ2v) is 2.90. The molecule has 1 aromatic rings. The highest BCUT2D eigenvalue weighted by Gasteiger charge is 2.02. The van der Waals surface area contributed by atoms with Crippen molar-refractivity contribution in [3.05, 3.63) is 24.0 Å². The lowest BCUT2D eigenvalue weighted by Crippen LogP contribution is -2.13. The molecule has 0 saturated heterocycles. The maximum Gasteiger partial charge on any atom is 0.261 e. The summed E-state index contributed by atoms with van der Waals surface area (Å²) >= 11 is 0. The molecule has 16 heavy (non-hydrogen) atoms. The smallest absolute Gasteiger partial charge is 0.261 e. The molecule has 0 saturated carbocycles. The maximum atomic E-state index is 11.7. The molecule has 0 aliphatic heterocycles. The molecule has 0 atom stereocenters. The first kappa shape index (κ1) is 12.3. The van der Waals surface area contributed by atoms with Gasteiger partial charge in [0.1, 0.15) is 12.7 Å². The van der Waals surface area contributed by atoms with Crippen molar-refractivity contribution in [3.63, 3.8) is 0 Å². The van der Waals surface area contributed by atoms with Gasteiger partial charge in [-0.25, -0.2) is 13.8 Å². The third-order valence-corrected chi connectivity index (χ3v) is 1.72. The first-order valence-corrected chi connectivity index (χ1v) is 4.69. The quantitative estimate of drug-likeness (QED) is 0.750. The molecule has 0 aromatic carbocycles. The first-order chi connectivity index (χ1) is 7.74. The van der Waals surface area contributed by atoms with Crippen molar-refractivity contribution in [1.82, 2.24) is 4.98 Å². The molecule has 0 radical (unpaired) electrons. The molecule has 86 valence electrons. The van der Waals surface area contributed by atoms with Crippen LogP contribution in [0.4, 0.5) is 14.5 Å². The number of halogens is 2. The van der Waals surface area contributed by atoms with Crippen LogP contribution in [0.2, 0.25) is 0 Å². The van der Waals surface area contributed by atoms with Crippen LogP contribution in [0.25, 0.3) is 0 Å². The van der Waals surface area contributed by atoms with Crippen molar-refractivity contribution in [3.8, 4) is 6.07 Å². The monoisotopic (exact) mass is 227 g/mol. The summed E-state index contributed by atoms with van der Waals surface area (Å²) in [6.07, 6.45) is -0.940. The van der Waals surface area contributed by atoms with Crippen LogP contribution in [-0.2, 0) is 4.74 Å². The summed E-state index contributed by atoms with van der Waals surface area (Å²) < 4.78 is 28.1. The number of nitrogens with zero attached hydrogens (tertiary/aromatic N) is 2. The summed E-state index contributed by atoms with van der Waals surface area (Å²) in [5, 5.41) is 11.6. The van der Waals surface area contributed by atoms with Gasteiger partial charge >= 0.3 is 0 Å². The number of hydrogen-bond donors (Lipinski definition) is 1. The van der Waals surface area contributed by atoms with E-state index in [0.717, 1.165) is 0 Å². The summed E-state index contributed by atoms with van der Waals surface area (Å²) in [5.74, 6) is 0. The molecule has 0 spiro atoms. The Morgan fingerprint density at radius 3 is 3.06 bits per heavy atom. The Morgan fingerprint density at radius 2 is 2.38 bits per heavy atom. The standard InChI is InChI=1S/C10H11F2N3O/c11-10(12)7-16-5-4-15-8-2-1-3-14-9(8)6-13/h1-3,10,15H,4-5,7H2. The lowest BCUT2D eigenvalue weighted by Gasteiger charge is -2.07. The van der Waals surface area contributed by atoms with Gasteiger partial charge in [-0.1, -0.05) is 0 Å². The molecule has 1 rings (SSSR count). The van der Waals surface area contributed by atoms with E-state index >= 15 is 0 Å². The summed E-state index contributed by atoms with van der Waals surface area (Å²) in [6.45, 7) is -0.0585. The maximum absolute atomic E-state index is 11.7. The minimum Gasteiger partial charge on any atom is -0.380 e. The molecule has 0 aliphatic rings. The molecule has 1 aromatic heterocycles. The predicted molar refractivity (Wildman–Crippen MR) is 54.3 cm³/mol. The van der Waals surface area contributed by atoms with Crippen molar-refractivity contribution in [2.45, 2.75) is 6.43 Å². The van der Waals surface area contributed by atoms with Crippen molar-refractivity contribution in [1.29, 1.82) is 5.26 Å². The number of nitrogens with one attached hydrogen (secondary N) is 1. The Morgan fingerprint density at radius 1 is 1.56 bits per heavy atom. The van der Waals surface area contributed by atoms with Gasteiger partial charge in [-0.15, -0.1) is 0 Å². The summed E-state index contributed by atoms with van der Waals surface area (Å²) in [4.78, 5) is 3.84. The number of alkyl halides is 2. The van der Waals surface area contributed by atoms with Crippen molar-refractivity contribution in [2.24, 2.45) is 0 Å². The number of nitriles is 1. The van der Waals surface area contributed by atoms with Crippen LogP contribution in [0.15, 0.2) is 18.3 Å². The SMILES string of the molecule is N#Cc1ncccc1NCCOCC(F)F. The van der Waals surface area contributed by atoms with Crippen LogP contribution >= 0.6 is 0 Å². The topological polar surface area (TPSA) is 57.9 Å². The van der Waals surface area contributed by atoms with E-state index in [0.29, 0.717) is 12.2 Å². The molecule has 1 N–H and O–H groups in total. The van der Waals surface area contributed by atoms with E-state index in [1.165, 1.54) is 6.20 Å². The Bertz CT molecular complexity index is 365. The van der Waals surface area contributed by atoms with Gasteiger partial charge in [-0.3, -0.25) is 0 Å². The fraction of sp³-hybridized carbons (Fsp3) is 0.400. The number of aromatic nitrogens is 1. The average molecular weight is 227 g/mol. The number of ether oxygens (including phenoxy) is 1. The molecule has 0 amide bonds. The fourth-order valence-electron chi connectivity index (χ4n) is 1.07. The van der Waals surface area contributed by atoms with E-state index < -0.39 is 13.0 Å². The lowest BCUT2D eigenvalue weighted by atomic mass is 10.3. The van der Waals surface area contributed by atoms with Gasteiger partial charge in [0.2, 0.25) is 0 Å². The second-order valence-electron chi connectivity index (χ2n) is 2.90. The van der Waals surface area contributed by atoms with Crippen LogP contribution in [0.3, 0.4) is 0 Å². The number of pyridine rings is 1. The minimum atomic E-state index is -2.45. The molecular weight excluding hydrogens is 216 g/mol. The van der Waals surface area contributed by atoms with Gasteiger partial charge < -0.3 is 10.1 Å². The van der Waals surface area contributed by atoms with E-state index in [2.05, 4.69) is 15.0 Å². The van der Waals surface area contributed by atoms with Crippen molar-refractivity contribution < 1.29 is 13.5 Å². The average Bonchev–Trinajstić information content (AvgIpc) is 2.29. The zero-order valence-electron chi connectivity index (χ0n) is 8.49. The van der Waals surface area contributed by atoms with E-state index in [1.807, 2.05) is 6.07 Å². The van der Waals surface area contributed by atoms with E-state index in [9.17, 15) is 8.78 Å². The fourth-order valence-corrected chi connectivity index (χ4v) is 1.07. The van der Waals surface area contributed by atoms with Crippen LogP contribution < -0.4 is 5.32 Å². The molecule has 6 heteroatoms. The first-order valence-electron chi connectivity index (χ1n) is 4.69. The Balaban J connectivity index is 2.30. The Labute approximate surface area is 91.9 Å². The highest BCUT2D eigenvalue weighted by Crippen LogP contribution is 2.09. The molecule has 0 bridgehead atoms. The van der Waals surface area contributed by atoms with Gasteiger partial charge in [0.05, 0.1) is 12.3 Å². The van der Waals surface area contributed by atoms with Crippen LogP contribution in [0.1, 0.15) is 5.69 Å². The largest absolute Gasteiger partial charge is 0.380 e. The molecule has 4 nitrogen and oxygen atoms in total. The van der Waals surface area contributed by atoms with Gasteiger partial charge in [-0.05, 0) is 12.1 Å². The van der Waals surface area contributed by atoms with Gasteiger partial charge in [0, 0.05) is 12.7 Å². The third-order valence-electron chi connectivity index (χ3n) is 1.72. The molecule has 0 fully saturated rings. The summed E-state index contributed by atoms with van der Waals surface area (Å²) in [5.41, 5.74) is 0.849. The molecule has 1 heterocycles. The van der Waals surface area contributed by atoms with Crippen molar-refractivity contribution >= 4 is 5.69 Å². The highest BCUT2D eigenvalue weighted by atomic mass is 19.3. The van der Waals surface area contributed by atoms with Crippen molar-refractivity contribution in [2.75, 3.05) is 25.1 Å². The second kappa shape index (κ2) is 6.69. The predicted octanol–water partition coefficient (Wildman–Crippen LogP) is 1.65. The van der Waals surface area contributed by atoms with Crippen LogP contribution in [0.5, 0.6) is 0 Å². The number of anilines is 1. The molecule has 0 unspecified atom stereocenters. The van der Waals surface area contributed by atoms with E-state index in [1.54, 1.807) is 12.1 Å². The van der Waals surface area contributed by atoms with Crippen LogP contribution in [-0.4, -0.2) is 31.2 Å². The molecular formula is C10H11F2N3O. The van der Waals surface area contributed by atoms with Crippen LogP contribution in [0, 0.1) is 11.3 Å². The summed E-state index contributed by atoms with van der Waals surface area (Å²) in [7, 11) is 0. The Kier molecular flexibility index (Phi) is 5.16. The zero-order valence-corrected chi connectivity index (χ0v) is 8.49. The normalized spacial score (nSPS) is 10.1.